The number of ether oxygens (including phenoxy) is 2. The normalized spacial score (nSPS) is 12.1. The molecule has 17 heavy (non-hydrogen) atoms. The second kappa shape index (κ2) is 6.44. The SMILES string of the molecule is CCOC(C)(C)c1nc(COC)c(CNC)s1. The monoisotopic (exact) mass is 258 g/mol. The first-order valence-electron chi connectivity index (χ1n) is 5.81. The zero-order valence-electron chi connectivity index (χ0n) is 11.3. The average molecular weight is 258 g/mol. The highest BCUT2D eigenvalue weighted by Gasteiger charge is 2.26. The zero-order chi connectivity index (χ0) is 12.9. The van der Waals surface area contributed by atoms with Crippen molar-refractivity contribution >= 4 is 11.3 Å². The Labute approximate surface area is 107 Å². The lowest BCUT2D eigenvalue weighted by atomic mass is 10.1. The predicted octanol–water partition coefficient (Wildman–Crippen LogP) is 2.28. The minimum Gasteiger partial charge on any atom is -0.378 e. The Morgan fingerprint density at radius 2 is 2.12 bits per heavy atom. The molecule has 0 aliphatic carbocycles. The van der Waals surface area contributed by atoms with Crippen molar-refractivity contribution in [3.05, 3.63) is 15.6 Å². The van der Waals surface area contributed by atoms with E-state index in [4.69, 9.17) is 9.47 Å². The van der Waals surface area contributed by atoms with Gasteiger partial charge in [-0.15, -0.1) is 11.3 Å². The van der Waals surface area contributed by atoms with E-state index >= 15 is 0 Å². The van der Waals surface area contributed by atoms with Crippen molar-refractivity contribution in [2.75, 3.05) is 20.8 Å². The highest BCUT2D eigenvalue weighted by atomic mass is 32.1. The van der Waals surface area contributed by atoms with Crippen molar-refractivity contribution in [1.82, 2.24) is 10.3 Å². The molecule has 1 rings (SSSR count). The third-order valence-electron chi connectivity index (χ3n) is 2.42. The van der Waals surface area contributed by atoms with E-state index in [1.165, 1.54) is 4.88 Å². The van der Waals surface area contributed by atoms with Gasteiger partial charge < -0.3 is 14.8 Å². The smallest absolute Gasteiger partial charge is 0.125 e. The fourth-order valence-corrected chi connectivity index (χ4v) is 2.74. The molecular formula is C12H22N2O2S. The van der Waals surface area contributed by atoms with Gasteiger partial charge in [0.1, 0.15) is 10.6 Å². The molecule has 0 aliphatic heterocycles. The Bertz CT molecular complexity index is 327. The quantitative estimate of drug-likeness (QED) is 0.815. The summed E-state index contributed by atoms with van der Waals surface area (Å²) < 4.78 is 10.9. The molecule has 0 spiro atoms. The Hall–Kier alpha value is -0.490. The van der Waals surface area contributed by atoms with E-state index in [-0.39, 0.29) is 5.60 Å². The topological polar surface area (TPSA) is 43.4 Å². The molecule has 1 aromatic rings. The van der Waals surface area contributed by atoms with Crippen LogP contribution < -0.4 is 5.32 Å². The maximum atomic E-state index is 5.73. The van der Waals surface area contributed by atoms with Crippen LogP contribution in [0.25, 0.3) is 0 Å². The number of hydrogen-bond donors (Lipinski definition) is 1. The minimum atomic E-state index is -0.325. The summed E-state index contributed by atoms with van der Waals surface area (Å²) in [6, 6.07) is 0. The van der Waals surface area contributed by atoms with Crippen molar-refractivity contribution < 1.29 is 9.47 Å². The van der Waals surface area contributed by atoms with E-state index in [9.17, 15) is 0 Å². The van der Waals surface area contributed by atoms with Gasteiger partial charge in [-0.1, -0.05) is 0 Å². The summed E-state index contributed by atoms with van der Waals surface area (Å²) in [7, 11) is 3.62. The van der Waals surface area contributed by atoms with Crippen LogP contribution in [-0.2, 0) is 28.2 Å². The van der Waals surface area contributed by atoms with Crippen LogP contribution in [0.3, 0.4) is 0 Å². The highest BCUT2D eigenvalue weighted by Crippen LogP contribution is 2.31. The molecule has 0 aromatic carbocycles. The van der Waals surface area contributed by atoms with E-state index in [0.29, 0.717) is 13.2 Å². The predicted molar refractivity (Wildman–Crippen MR) is 70.2 cm³/mol. The molecule has 0 saturated carbocycles. The van der Waals surface area contributed by atoms with Gasteiger partial charge in [-0.2, -0.15) is 0 Å². The van der Waals surface area contributed by atoms with E-state index in [1.807, 2.05) is 14.0 Å². The molecule has 4 nitrogen and oxygen atoms in total. The molecule has 0 fully saturated rings. The molecule has 1 aromatic heterocycles. The average Bonchev–Trinajstić information content (AvgIpc) is 2.64. The van der Waals surface area contributed by atoms with Crippen LogP contribution in [-0.4, -0.2) is 25.7 Å². The Kier molecular flexibility index (Phi) is 5.52. The van der Waals surface area contributed by atoms with Gasteiger partial charge in [-0.05, 0) is 27.8 Å². The molecule has 0 atom stereocenters. The fourth-order valence-electron chi connectivity index (χ4n) is 1.61. The first-order valence-corrected chi connectivity index (χ1v) is 6.63. The standard InChI is InChI=1S/C12H22N2O2S/c1-6-16-12(2,3)11-14-9(8-15-5)10(17-11)7-13-4/h13H,6-8H2,1-5H3. The van der Waals surface area contributed by atoms with Crippen molar-refractivity contribution in [1.29, 1.82) is 0 Å². The largest absolute Gasteiger partial charge is 0.378 e. The van der Waals surface area contributed by atoms with Crippen molar-refractivity contribution in [2.45, 2.75) is 39.5 Å². The summed E-state index contributed by atoms with van der Waals surface area (Å²) in [5.41, 5.74) is 0.683. The van der Waals surface area contributed by atoms with Crippen molar-refractivity contribution in [3.63, 3.8) is 0 Å². The van der Waals surface area contributed by atoms with Crippen LogP contribution in [0.15, 0.2) is 0 Å². The fraction of sp³-hybridized carbons (Fsp3) is 0.750. The third kappa shape index (κ3) is 3.74. The number of thiazole rings is 1. The molecule has 98 valence electrons. The van der Waals surface area contributed by atoms with Gasteiger partial charge in [0.05, 0.1) is 12.3 Å². The molecule has 5 heteroatoms. The second-order valence-corrected chi connectivity index (χ2v) is 5.38. The van der Waals surface area contributed by atoms with Crippen molar-refractivity contribution in [2.24, 2.45) is 0 Å². The lowest BCUT2D eigenvalue weighted by Crippen LogP contribution is -2.21. The van der Waals surface area contributed by atoms with E-state index in [0.717, 1.165) is 17.2 Å². The minimum absolute atomic E-state index is 0.325. The first-order chi connectivity index (χ1) is 8.05. The zero-order valence-corrected chi connectivity index (χ0v) is 12.1. The second-order valence-electron chi connectivity index (χ2n) is 4.30. The van der Waals surface area contributed by atoms with Gasteiger partial charge in [0.25, 0.3) is 0 Å². The molecular weight excluding hydrogens is 236 g/mol. The molecule has 0 saturated heterocycles. The molecule has 0 aliphatic rings. The lowest BCUT2D eigenvalue weighted by molar-refractivity contribution is -0.0143. The van der Waals surface area contributed by atoms with Crippen LogP contribution in [0.2, 0.25) is 0 Å². The number of nitrogens with one attached hydrogen (secondary N) is 1. The molecule has 1 heterocycles. The maximum Gasteiger partial charge on any atom is 0.125 e. The molecule has 1 N–H and O–H groups in total. The number of rotatable bonds is 7. The van der Waals surface area contributed by atoms with Crippen LogP contribution in [0.5, 0.6) is 0 Å². The molecule has 0 bridgehead atoms. The summed E-state index contributed by atoms with van der Waals surface area (Å²) in [6.07, 6.45) is 0. The van der Waals surface area contributed by atoms with Gasteiger partial charge >= 0.3 is 0 Å². The number of aromatic nitrogens is 1. The Balaban J connectivity index is 2.97. The number of methoxy groups -OCH3 is 1. The van der Waals surface area contributed by atoms with Crippen LogP contribution >= 0.6 is 11.3 Å². The molecule has 0 amide bonds. The Morgan fingerprint density at radius 3 is 2.65 bits per heavy atom. The van der Waals surface area contributed by atoms with Crippen molar-refractivity contribution in [3.8, 4) is 0 Å². The third-order valence-corrected chi connectivity index (χ3v) is 3.82. The van der Waals surface area contributed by atoms with Gasteiger partial charge in [-0.3, -0.25) is 0 Å². The highest BCUT2D eigenvalue weighted by molar-refractivity contribution is 7.11. The first kappa shape index (κ1) is 14.6. The molecule has 0 unspecified atom stereocenters. The lowest BCUT2D eigenvalue weighted by Gasteiger charge is -2.21. The van der Waals surface area contributed by atoms with Crippen LogP contribution in [0, 0.1) is 0 Å². The number of nitrogens with zero attached hydrogens (tertiary/aromatic N) is 1. The number of hydrogen-bond acceptors (Lipinski definition) is 5. The van der Waals surface area contributed by atoms with Crippen LogP contribution in [0.1, 0.15) is 36.3 Å². The van der Waals surface area contributed by atoms with Gasteiger partial charge in [0.15, 0.2) is 0 Å². The van der Waals surface area contributed by atoms with Gasteiger partial charge in [0.2, 0.25) is 0 Å². The maximum absolute atomic E-state index is 5.73. The van der Waals surface area contributed by atoms with E-state index < -0.39 is 0 Å². The summed E-state index contributed by atoms with van der Waals surface area (Å²) in [5.74, 6) is 0. The van der Waals surface area contributed by atoms with Gasteiger partial charge in [-0.25, -0.2) is 4.98 Å². The summed E-state index contributed by atoms with van der Waals surface area (Å²) in [5, 5.41) is 4.16. The van der Waals surface area contributed by atoms with Gasteiger partial charge in [0, 0.05) is 25.1 Å². The summed E-state index contributed by atoms with van der Waals surface area (Å²) >= 11 is 1.69. The van der Waals surface area contributed by atoms with E-state index in [1.54, 1.807) is 18.4 Å². The summed E-state index contributed by atoms with van der Waals surface area (Å²) in [6.45, 7) is 8.16. The Morgan fingerprint density at radius 1 is 1.41 bits per heavy atom. The van der Waals surface area contributed by atoms with Crippen LogP contribution in [0.4, 0.5) is 0 Å². The summed E-state index contributed by atoms with van der Waals surface area (Å²) in [4.78, 5) is 5.86. The van der Waals surface area contributed by atoms with E-state index in [2.05, 4.69) is 24.1 Å². The molecule has 0 radical (unpaired) electrons.